The Bertz CT molecular complexity index is 622. The van der Waals surface area contributed by atoms with Crippen LogP contribution in [0, 0.1) is 0 Å². The molecule has 0 saturated heterocycles. The molecule has 108 valence electrons. The number of aldehydes is 1. The maximum absolute atomic E-state index is 11.2. The summed E-state index contributed by atoms with van der Waals surface area (Å²) in [6, 6.07) is 14.3. The lowest BCUT2D eigenvalue weighted by atomic mass is 10.2. The van der Waals surface area contributed by atoms with Crippen LogP contribution in [0.2, 0.25) is 0 Å². The smallest absolute Gasteiger partial charge is 0.341 e. The first-order chi connectivity index (χ1) is 10.2. The summed E-state index contributed by atoms with van der Waals surface area (Å²) in [4.78, 5) is 21.7. The molecule has 0 aliphatic carbocycles. The van der Waals surface area contributed by atoms with Crippen molar-refractivity contribution in [3.63, 3.8) is 0 Å². The highest BCUT2D eigenvalue weighted by Crippen LogP contribution is 2.27. The Morgan fingerprint density at radius 2 is 1.67 bits per heavy atom. The van der Waals surface area contributed by atoms with Crippen LogP contribution in [-0.2, 0) is 11.4 Å². The van der Waals surface area contributed by atoms with Gasteiger partial charge in [-0.2, -0.15) is 0 Å². The van der Waals surface area contributed by atoms with Gasteiger partial charge < -0.3 is 14.6 Å². The van der Waals surface area contributed by atoms with Crippen LogP contribution in [0.15, 0.2) is 48.5 Å². The number of rotatable bonds is 7. The lowest BCUT2D eigenvalue weighted by Gasteiger charge is -2.12. The molecule has 1 N–H and O–H groups in total. The molecule has 21 heavy (non-hydrogen) atoms. The summed E-state index contributed by atoms with van der Waals surface area (Å²) in [7, 11) is 0. The molecular weight excluding hydrogens is 272 g/mol. The minimum Gasteiger partial charge on any atom is -0.488 e. The van der Waals surface area contributed by atoms with Gasteiger partial charge in [0.05, 0.1) is 5.56 Å². The Balaban J connectivity index is 2.13. The molecule has 5 nitrogen and oxygen atoms in total. The average molecular weight is 286 g/mol. The van der Waals surface area contributed by atoms with Gasteiger partial charge in [-0.1, -0.05) is 36.4 Å². The number of carbonyl (C=O) groups excluding carboxylic acids is 1. The van der Waals surface area contributed by atoms with E-state index < -0.39 is 12.6 Å². The summed E-state index contributed by atoms with van der Waals surface area (Å²) in [6.07, 6.45) is 0.595. The molecule has 0 heterocycles. The lowest BCUT2D eigenvalue weighted by molar-refractivity contribution is -0.139. The van der Waals surface area contributed by atoms with Crippen molar-refractivity contribution in [2.24, 2.45) is 0 Å². The highest BCUT2D eigenvalue weighted by Gasteiger charge is 2.11. The molecule has 0 amide bonds. The van der Waals surface area contributed by atoms with E-state index in [2.05, 4.69) is 0 Å². The molecule has 0 aliphatic rings. The number of carbonyl (C=O) groups is 2. The van der Waals surface area contributed by atoms with Crippen LogP contribution in [0.25, 0.3) is 0 Å². The van der Waals surface area contributed by atoms with E-state index in [9.17, 15) is 9.59 Å². The van der Waals surface area contributed by atoms with Gasteiger partial charge in [0.1, 0.15) is 18.1 Å². The Morgan fingerprint density at radius 3 is 2.29 bits per heavy atom. The molecule has 2 rings (SSSR count). The Hall–Kier alpha value is -2.82. The van der Waals surface area contributed by atoms with E-state index in [1.807, 2.05) is 30.3 Å². The number of benzene rings is 2. The fourth-order valence-corrected chi connectivity index (χ4v) is 1.77. The second kappa shape index (κ2) is 7.09. The van der Waals surface area contributed by atoms with Crippen LogP contribution in [0.1, 0.15) is 15.9 Å². The fraction of sp³-hybridized carbons (Fsp3) is 0.125. The van der Waals surface area contributed by atoms with E-state index in [1.165, 1.54) is 6.07 Å². The van der Waals surface area contributed by atoms with Crippen LogP contribution in [0.3, 0.4) is 0 Å². The van der Waals surface area contributed by atoms with Crippen molar-refractivity contribution in [3.8, 4) is 11.5 Å². The predicted octanol–water partition coefficient (Wildman–Crippen LogP) is 2.54. The van der Waals surface area contributed by atoms with Gasteiger partial charge in [-0.15, -0.1) is 0 Å². The van der Waals surface area contributed by atoms with E-state index in [1.54, 1.807) is 12.1 Å². The standard InChI is InChI=1S/C16H14O5/c17-9-13-14(20-10-12-5-2-1-3-6-12)7-4-8-15(13)21-11-16(18)19/h1-9H,10-11H2,(H,18,19). The molecular formula is C16H14O5. The summed E-state index contributed by atoms with van der Waals surface area (Å²) in [5.41, 5.74) is 1.17. The van der Waals surface area contributed by atoms with Gasteiger partial charge in [0.15, 0.2) is 12.9 Å². The summed E-state index contributed by atoms with van der Waals surface area (Å²) in [5, 5.41) is 8.62. The second-order valence-electron chi connectivity index (χ2n) is 4.24. The topological polar surface area (TPSA) is 72.8 Å². The molecule has 0 saturated carbocycles. The molecule has 0 fully saturated rings. The number of hydrogen-bond acceptors (Lipinski definition) is 4. The summed E-state index contributed by atoms with van der Waals surface area (Å²) < 4.78 is 10.7. The maximum atomic E-state index is 11.2. The summed E-state index contributed by atoms with van der Waals surface area (Å²) in [5.74, 6) is -0.558. The third kappa shape index (κ3) is 4.07. The van der Waals surface area contributed by atoms with E-state index in [4.69, 9.17) is 14.6 Å². The highest BCUT2D eigenvalue weighted by molar-refractivity contribution is 5.84. The van der Waals surface area contributed by atoms with E-state index in [0.717, 1.165) is 5.56 Å². The molecule has 0 aromatic heterocycles. The zero-order valence-electron chi connectivity index (χ0n) is 11.2. The van der Waals surface area contributed by atoms with Crippen molar-refractivity contribution >= 4 is 12.3 Å². The van der Waals surface area contributed by atoms with Crippen molar-refractivity contribution in [1.82, 2.24) is 0 Å². The van der Waals surface area contributed by atoms with E-state index in [-0.39, 0.29) is 11.3 Å². The molecule has 0 aliphatic heterocycles. The Labute approximate surface area is 121 Å². The Kier molecular flexibility index (Phi) is 4.93. The monoisotopic (exact) mass is 286 g/mol. The number of carboxylic acid groups (broad SMARTS) is 1. The van der Waals surface area contributed by atoms with Crippen molar-refractivity contribution in [2.45, 2.75) is 6.61 Å². The fourth-order valence-electron chi connectivity index (χ4n) is 1.77. The molecule has 0 bridgehead atoms. The molecule has 0 atom stereocenters. The SMILES string of the molecule is O=Cc1c(OCC(=O)O)cccc1OCc1ccccc1. The van der Waals surface area contributed by atoms with Gasteiger partial charge in [-0.05, 0) is 17.7 Å². The van der Waals surface area contributed by atoms with Gasteiger partial charge in [-0.25, -0.2) is 4.79 Å². The van der Waals surface area contributed by atoms with Gasteiger partial charge >= 0.3 is 5.97 Å². The van der Waals surface area contributed by atoms with Gasteiger partial charge in [0.2, 0.25) is 0 Å². The first-order valence-corrected chi connectivity index (χ1v) is 6.30. The third-order valence-electron chi connectivity index (χ3n) is 2.73. The summed E-state index contributed by atoms with van der Waals surface area (Å²) >= 11 is 0. The van der Waals surface area contributed by atoms with Crippen LogP contribution in [0.4, 0.5) is 0 Å². The predicted molar refractivity (Wildman–Crippen MR) is 75.7 cm³/mol. The largest absolute Gasteiger partial charge is 0.488 e. The zero-order valence-corrected chi connectivity index (χ0v) is 11.2. The van der Waals surface area contributed by atoms with E-state index in [0.29, 0.717) is 18.6 Å². The first-order valence-electron chi connectivity index (χ1n) is 6.30. The van der Waals surface area contributed by atoms with Crippen molar-refractivity contribution in [1.29, 1.82) is 0 Å². The van der Waals surface area contributed by atoms with Gasteiger partial charge in [-0.3, -0.25) is 4.79 Å². The van der Waals surface area contributed by atoms with Crippen molar-refractivity contribution < 1.29 is 24.2 Å². The number of ether oxygens (including phenoxy) is 2. The van der Waals surface area contributed by atoms with Crippen LogP contribution >= 0.6 is 0 Å². The van der Waals surface area contributed by atoms with Crippen LogP contribution in [0.5, 0.6) is 11.5 Å². The maximum Gasteiger partial charge on any atom is 0.341 e. The van der Waals surface area contributed by atoms with Crippen LogP contribution in [-0.4, -0.2) is 24.0 Å². The summed E-state index contributed by atoms with van der Waals surface area (Å²) in [6.45, 7) is -0.201. The van der Waals surface area contributed by atoms with Crippen molar-refractivity contribution in [3.05, 3.63) is 59.7 Å². The zero-order chi connectivity index (χ0) is 15.1. The number of aliphatic carboxylic acids is 1. The third-order valence-corrected chi connectivity index (χ3v) is 2.73. The second-order valence-corrected chi connectivity index (χ2v) is 4.24. The molecule has 5 heteroatoms. The number of hydrogen-bond donors (Lipinski definition) is 1. The number of carboxylic acids is 1. The van der Waals surface area contributed by atoms with Crippen LogP contribution < -0.4 is 9.47 Å². The quantitative estimate of drug-likeness (QED) is 0.792. The highest BCUT2D eigenvalue weighted by atomic mass is 16.5. The van der Waals surface area contributed by atoms with Gasteiger partial charge in [0.25, 0.3) is 0 Å². The minimum atomic E-state index is -1.11. The molecule has 0 unspecified atom stereocenters. The normalized spacial score (nSPS) is 9.90. The Morgan fingerprint density at radius 1 is 1.00 bits per heavy atom. The van der Waals surface area contributed by atoms with Gasteiger partial charge in [0, 0.05) is 0 Å². The molecule has 2 aromatic carbocycles. The molecule has 0 spiro atoms. The lowest BCUT2D eigenvalue weighted by Crippen LogP contribution is -2.11. The van der Waals surface area contributed by atoms with Crippen molar-refractivity contribution in [2.75, 3.05) is 6.61 Å². The molecule has 2 aromatic rings. The minimum absolute atomic E-state index is 0.193. The van der Waals surface area contributed by atoms with E-state index >= 15 is 0 Å². The first kappa shape index (κ1) is 14.6. The average Bonchev–Trinajstić information content (AvgIpc) is 2.51. The molecule has 0 radical (unpaired) electrons.